The van der Waals surface area contributed by atoms with Gasteiger partial charge in [0, 0.05) is 27.5 Å². The van der Waals surface area contributed by atoms with Crippen LogP contribution in [0.3, 0.4) is 0 Å². The molecule has 0 unspecified atom stereocenters. The zero-order chi connectivity index (χ0) is 25.8. The molecule has 0 aliphatic rings. The van der Waals surface area contributed by atoms with Gasteiger partial charge in [-0.1, -0.05) is 97.1 Å². The van der Waals surface area contributed by atoms with Crippen molar-refractivity contribution in [3.8, 4) is 34.1 Å². The summed E-state index contributed by atoms with van der Waals surface area (Å²) in [4.78, 5) is 14.8. The minimum atomic E-state index is 0.626. The first-order valence-corrected chi connectivity index (χ1v) is 13.0. The molecule has 6 aromatic carbocycles. The van der Waals surface area contributed by atoms with Crippen molar-refractivity contribution < 1.29 is 4.42 Å². The van der Waals surface area contributed by atoms with Crippen LogP contribution >= 0.6 is 0 Å². The summed E-state index contributed by atoms with van der Waals surface area (Å²) in [5.74, 6) is 1.34. The Kier molecular flexibility index (Phi) is 4.79. The largest absolute Gasteiger partial charge is 0.435 e. The third kappa shape index (κ3) is 3.57. The maximum Gasteiger partial charge on any atom is 0.227 e. The molecule has 2 heterocycles. The zero-order valence-electron chi connectivity index (χ0n) is 20.9. The predicted molar refractivity (Wildman–Crippen MR) is 158 cm³/mol. The van der Waals surface area contributed by atoms with Crippen molar-refractivity contribution >= 4 is 43.5 Å². The maximum atomic E-state index is 6.43. The van der Waals surface area contributed by atoms with Gasteiger partial charge in [-0.25, -0.2) is 15.0 Å². The lowest BCUT2D eigenvalue weighted by Gasteiger charge is -2.11. The van der Waals surface area contributed by atoms with Crippen LogP contribution in [0.15, 0.2) is 132 Å². The molecular weight excluding hydrogens is 478 g/mol. The zero-order valence-corrected chi connectivity index (χ0v) is 20.9. The lowest BCUT2D eigenvalue weighted by molar-refractivity contribution is 0.623. The van der Waals surface area contributed by atoms with Gasteiger partial charge in [-0.05, 0) is 46.5 Å². The SMILES string of the molecule is c1ccc(-c2nc(-c3ccc4ccc5ccc6nc(-c7ccccc7)oc6c5c4c3)c3ccccc3n2)cc1. The van der Waals surface area contributed by atoms with Crippen LogP contribution in [0, 0.1) is 0 Å². The maximum absolute atomic E-state index is 6.43. The summed E-state index contributed by atoms with van der Waals surface area (Å²) in [5.41, 5.74) is 6.46. The van der Waals surface area contributed by atoms with Gasteiger partial charge in [0.2, 0.25) is 5.89 Å². The first kappa shape index (κ1) is 21.7. The number of oxazole rings is 1. The van der Waals surface area contributed by atoms with Crippen LogP contribution in [0.4, 0.5) is 0 Å². The number of hydrogen-bond acceptors (Lipinski definition) is 4. The molecule has 8 rings (SSSR count). The van der Waals surface area contributed by atoms with Gasteiger partial charge in [-0.3, -0.25) is 0 Å². The van der Waals surface area contributed by atoms with Crippen molar-refractivity contribution in [1.29, 1.82) is 0 Å². The standard InChI is InChI=1S/C35H21N3O/c1-3-9-24(10-4-1)34-36-29-14-8-7-13-27(29)32(38-34)26-18-16-22-15-17-23-19-20-30-33(31(23)28(22)21-26)39-35(37-30)25-11-5-2-6-12-25/h1-21H. The molecule has 182 valence electrons. The van der Waals surface area contributed by atoms with E-state index in [0.717, 1.165) is 65.9 Å². The second-order valence-electron chi connectivity index (χ2n) is 9.68. The van der Waals surface area contributed by atoms with E-state index in [-0.39, 0.29) is 0 Å². The Morgan fingerprint density at radius 3 is 2.00 bits per heavy atom. The van der Waals surface area contributed by atoms with E-state index in [4.69, 9.17) is 19.4 Å². The number of aromatic nitrogens is 3. The summed E-state index contributed by atoms with van der Waals surface area (Å²) in [7, 11) is 0. The van der Waals surface area contributed by atoms with Crippen molar-refractivity contribution in [2.75, 3.05) is 0 Å². The van der Waals surface area contributed by atoms with Crippen LogP contribution in [-0.2, 0) is 0 Å². The Bertz CT molecular complexity index is 2170. The molecular formula is C35H21N3O. The quantitative estimate of drug-likeness (QED) is 0.228. The smallest absolute Gasteiger partial charge is 0.227 e. The Morgan fingerprint density at radius 1 is 0.462 bits per heavy atom. The van der Waals surface area contributed by atoms with Gasteiger partial charge in [-0.15, -0.1) is 0 Å². The third-order valence-electron chi connectivity index (χ3n) is 7.28. The summed E-state index contributed by atoms with van der Waals surface area (Å²) >= 11 is 0. The molecule has 8 aromatic rings. The van der Waals surface area contributed by atoms with Gasteiger partial charge in [-0.2, -0.15) is 0 Å². The van der Waals surface area contributed by atoms with E-state index >= 15 is 0 Å². The van der Waals surface area contributed by atoms with Gasteiger partial charge in [0.05, 0.1) is 11.2 Å². The molecule has 0 fully saturated rings. The number of hydrogen-bond donors (Lipinski definition) is 0. The van der Waals surface area contributed by atoms with E-state index < -0.39 is 0 Å². The Balaban J connectivity index is 1.40. The van der Waals surface area contributed by atoms with Crippen molar-refractivity contribution in [3.63, 3.8) is 0 Å². The molecule has 2 aromatic heterocycles. The second-order valence-corrected chi connectivity index (χ2v) is 9.68. The molecule has 0 aliphatic heterocycles. The van der Waals surface area contributed by atoms with Gasteiger partial charge < -0.3 is 4.42 Å². The van der Waals surface area contributed by atoms with Crippen LogP contribution in [0.25, 0.3) is 77.6 Å². The lowest BCUT2D eigenvalue weighted by atomic mass is 9.97. The Labute approximate surface area is 224 Å². The van der Waals surface area contributed by atoms with Crippen LogP contribution in [0.2, 0.25) is 0 Å². The fourth-order valence-corrected chi connectivity index (χ4v) is 5.39. The number of rotatable bonds is 3. The number of benzene rings is 6. The minimum Gasteiger partial charge on any atom is -0.435 e. The molecule has 0 radical (unpaired) electrons. The Morgan fingerprint density at radius 2 is 1.15 bits per heavy atom. The first-order chi connectivity index (χ1) is 19.3. The van der Waals surface area contributed by atoms with Crippen LogP contribution in [-0.4, -0.2) is 15.0 Å². The highest BCUT2D eigenvalue weighted by atomic mass is 16.3. The highest BCUT2D eigenvalue weighted by Crippen LogP contribution is 2.37. The summed E-state index contributed by atoms with van der Waals surface area (Å²) in [6.07, 6.45) is 0. The van der Waals surface area contributed by atoms with Crippen LogP contribution in [0.5, 0.6) is 0 Å². The van der Waals surface area contributed by atoms with Crippen LogP contribution in [0.1, 0.15) is 0 Å². The van der Waals surface area contributed by atoms with E-state index in [2.05, 4.69) is 42.5 Å². The molecule has 0 aliphatic carbocycles. The summed E-state index contributed by atoms with van der Waals surface area (Å²) in [6, 6.07) is 43.4. The van der Waals surface area contributed by atoms with Gasteiger partial charge in [0.25, 0.3) is 0 Å². The average molecular weight is 500 g/mol. The number of fused-ring (bicyclic) bond motifs is 6. The topological polar surface area (TPSA) is 51.8 Å². The van der Waals surface area contributed by atoms with Crippen LogP contribution < -0.4 is 0 Å². The van der Waals surface area contributed by atoms with Gasteiger partial charge in [0.15, 0.2) is 11.4 Å². The summed E-state index contributed by atoms with van der Waals surface area (Å²) < 4.78 is 6.43. The molecule has 4 heteroatoms. The fourth-order valence-electron chi connectivity index (χ4n) is 5.39. The number of nitrogens with zero attached hydrogens (tertiary/aromatic N) is 3. The summed E-state index contributed by atoms with van der Waals surface area (Å²) in [6.45, 7) is 0. The Hall–Kier alpha value is -5.35. The van der Waals surface area contributed by atoms with Crippen molar-refractivity contribution in [2.24, 2.45) is 0 Å². The first-order valence-electron chi connectivity index (χ1n) is 13.0. The predicted octanol–water partition coefficient (Wildman–Crippen LogP) is 9.08. The van der Waals surface area contributed by atoms with Crippen molar-refractivity contribution in [1.82, 2.24) is 15.0 Å². The molecule has 39 heavy (non-hydrogen) atoms. The highest BCUT2D eigenvalue weighted by Gasteiger charge is 2.16. The van der Waals surface area contributed by atoms with E-state index in [0.29, 0.717) is 11.7 Å². The van der Waals surface area contributed by atoms with E-state index in [1.165, 1.54) is 0 Å². The van der Waals surface area contributed by atoms with Gasteiger partial charge in [0.1, 0.15) is 5.52 Å². The van der Waals surface area contributed by atoms with E-state index in [1.807, 2.05) is 84.9 Å². The molecule has 0 saturated carbocycles. The van der Waals surface area contributed by atoms with E-state index in [9.17, 15) is 0 Å². The van der Waals surface area contributed by atoms with Gasteiger partial charge >= 0.3 is 0 Å². The highest BCUT2D eigenvalue weighted by molar-refractivity contribution is 6.18. The van der Waals surface area contributed by atoms with Crippen molar-refractivity contribution in [2.45, 2.75) is 0 Å². The molecule has 0 atom stereocenters. The van der Waals surface area contributed by atoms with E-state index in [1.54, 1.807) is 0 Å². The number of para-hydroxylation sites is 1. The molecule has 0 spiro atoms. The molecule has 4 nitrogen and oxygen atoms in total. The molecule has 0 N–H and O–H groups in total. The summed E-state index contributed by atoms with van der Waals surface area (Å²) in [5, 5.41) is 5.44. The fraction of sp³-hybridized carbons (Fsp3) is 0. The monoisotopic (exact) mass is 499 g/mol. The molecule has 0 saturated heterocycles. The second kappa shape index (κ2) is 8.61. The molecule has 0 amide bonds. The normalized spacial score (nSPS) is 11.6. The molecule has 0 bridgehead atoms. The minimum absolute atomic E-state index is 0.626. The third-order valence-corrected chi connectivity index (χ3v) is 7.28. The van der Waals surface area contributed by atoms with Crippen molar-refractivity contribution in [3.05, 3.63) is 127 Å². The lowest BCUT2D eigenvalue weighted by Crippen LogP contribution is -1.95. The average Bonchev–Trinajstić information content (AvgIpc) is 3.46.